The monoisotopic (exact) mass is 1370 g/mol. The van der Waals surface area contributed by atoms with Crippen molar-refractivity contribution in [3.05, 3.63) is 162 Å². The van der Waals surface area contributed by atoms with E-state index in [2.05, 4.69) is 85.1 Å². The molecule has 0 saturated heterocycles. The van der Waals surface area contributed by atoms with Gasteiger partial charge in [0.05, 0.1) is 126 Å². The van der Waals surface area contributed by atoms with Gasteiger partial charge in [-0.3, -0.25) is 18.8 Å². The normalized spacial score (nSPS) is 17.1. The fourth-order valence-corrected chi connectivity index (χ4v) is 11.8. The fourth-order valence-electron chi connectivity index (χ4n) is 11.8. The van der Waals surface area contributed by atoms with Gasteiger partial charge in [-0.2, -0.15) is 41.6 Å². The van der Waals surface area contributed by atoms with Crippen LogP contribution >= 0.6 is 12.4 Å². The number of ether oxygens (including phenoxy) is 1. The summed E-state index contributed by atoms with van der Waals surface area (Å²) in [4.78, 5) is 61.9. The standard InChI is InChI=1S/C25H25N7O.C23H24N6O2.C22H22N6O2.C2H4N2.ClH.Li.H2O/c1-17-14-28-25(30-21-15-29-32(16-21)22-10-4-18(13-27)5-11-22)31-24(17)20-8-6-19(7-9-20)23(33)3-2-12-26;1-15-12-25-23(28-21(15)17-5-7-18(8-6-17)22(30)31-2)27-19-13-26-29(14-19)20-9-3-16(11-24)4-10-20;1-14-11-24-22(27-20(14)16-4-6-17(7-5-16)21(29)30)26-18-12-25-28(13-18)19-8-2-15(10-23)3-9-19;3-1-2-4;;;/h6-9,14-16,18,22H,2-5,10-11H2,1H3,(H,28,30,31);5-8,12-14,16,20H,3-4,9-10H2,1-2H3,(H,25,27,28);4-7,11-13,15,19H,2-3,8-9H2,1H3,(H,29,30)(H,24,26,27);1,3H2;1H;;1H2/q;;;;;+1;/p-1. The number of aryl methyl sites for hydroxylation is 3. The number of aromatic nitrogens is 12. The first kappa shape index (κ1) is 78.8. The Balaban J connectivity index is 0.000000229. The predicted octanol–water partition coefficient (Wildman–Crippen LogP) is 10.6. The molecule has 12 rings (SSSR count). The first-order valence-corrected chi connectivity index (χ1v) is 32.3. The number of aromatic carboxylic acids is 1. The minimum absolute atomic E-state index is 0. The summed E-state index contributed by atoms with van der Waals surface area (Å²) in [5.41, 5.74) is 16.1. The van der Waals surface area contributed by atoms with E-state index in [0.29, 0.717) is 47.1 Å². The van der Waals surface area contributed by atoms with Gasteiger partial charge in [-0.1, -0.05) is 48.5 Å². The van der Waals surface area contributed by atoms with Crippen LogP contribution < -0.4 is 40.5 Å². The Labute approximate surface area is 603 Å². The fraction of sp³-hybridized carbons (Fsp3) is 0.347. The van der Waals surface area contributed by atoms with E-state index >= 15 is 0 Å². The zero-order valence-corrected chi connectivity index (χ0v) is 57.6. The number of nitrogens with zero attached hydrogens (tertiary/aromatic N) is 17. The van der Waals surface area contributed by atoms with Crippen molar-refractivity contribution < 1.29 is 48.6 Å². The van der Waals surface area contributed by atoms with E-state index in [0.717, 1.165) is 145 Å². The minimum Gasteiger partial charge on any atom is -0.870 e. The molecular formula is C72H77ClLiN21O6. The largest absolute Gasteiger partial charge is 1.00 e. The molecule has 9 aromatic rings. The average Bonchev–Trinajstić information content (AvgIpc) is 1.46. The van der Waals surface area contributed by atoms with Crippen LogP contribution in [0.5, 0.6) is 0 Å². The van der Waals surface area contributed by atoms with Crippen molar-refractivity contribution in [2.45, 2.75) is 129 Å². The molecule has 6 aromatic heterocycles. The van der Waals surface area contributed by atoms with Gasteiger partial charge in [0.15, 0.2) is 5.78 Å². The van der Waals surface area contributed by atoms with Crippen LogP contribution in [0, 0.1) is 95.2 Å². The van der Waals surface area contributed by atoms with Gasteiger partial charge in [0.1, 0.15) is 0 Å². The molecule has 0 bridgehead atoms. The molecule has 0 aliphatic heterocycles. The molecule has 3 aliphatic carbocycles. The van der Waals surface area contributed by atoms with E-state index in [1.54, 1.807) is 91.8 Å². The average molecular weight is 1370 g/mol. The summed E-state index contributed by atoms with van der Waals surface area (Å²) in [5, 5.41) is 75.6. The van der Waals surface area contributed by atoms with Gasteiger partial charge in [0.2, 0.25) is 17.8 Å². The second-order valence-corrected chi connectivity index (χ2v) is 24.1. The first-order valence-electron chi connectivity index (χ1n) is 32.3. The van der Waals surface area contributed by atoms with Gasteiger partial charge in [-0.25, -0.2) is 39.5 Å². The molecule has 3 aromatic carbocycles. The first-order chi connectivity index (χ1) is 47.6. The van der Waals surface area contributed by atoms with Gasteiger partial charge in [0, 0.05) is 90.0 Å². The topological polar surface area (TPSA) is 423 Å². The Kier molecular flexibility index (Phi) is 30.3. The number of nitrogens with two attached hydrogens (primary N) is 1. The summed E-state index contributed by atoms with van der Waals surface area (Å²) < 4.78 is 10.6. The second-order valence-electron chi connectivity index (χ2n) is 24.1. The SMILES string of the molecule is COC(=O)c1ccc(-c2nc(Nc3cnn(C4CCC(C#N)CC4)c3)ncc2C)cc1.Cc1cnc(Nc2cnn(C3CCC(C#N)CC3)c2)nc1-c1ccc(C(=O)CCC#N)cc1.Cc1cnc(Nc2cnn(C3CCC(C#N)CC3)c2)nc1-c1ccc(C(=O)O)cc1.Cl.N#CCN.[Li+].[OH-]. The number of benzene rings is 3. The predicted molar refractivity (Wildman–Crippen MR) is 374 cm³/mol. The maximum absolute atomic E-state index is 12.1. The molecule has 0 spiro atoms. The van der Waals surface area contributed by atoms with Gasteiger partial charge < -0.3 is 37.0 Å². The smallest absolute Gasteiger partial charge is 0.870 e. The summed E-state index contributed by atoms with van der Waals surface area (Å²) in [5.74, 6) is 0.534. The summed E-state index contributed by atoms with van der Waals surface area (Å²) in [6.45, 7) is 5.93. The number of Topliss-reactive ketones (excluding diaryl/α,β-unsaturated/α-hetero) is 1. The summed E-state index contributed by atoms with van der Waals surface area (Å²) in [7, 11) is 1.36. The van der Waals surface area contributed by atoms with Crippen LogP contribution in [0.4, 0.5) is 34.9 Å². The second kappa shape index (κ2) is 38.8. The maximum Gasteiger partial charge on any atom is 1.00 e. The maximum atomic E-state index is 12.1. The number of carboxylic acid groups (broad SMARTS) is 1. The van der Waals surface area contributed by atoms with Crippen LogP contribution in [0.2, 0.25) is 0 Å². The van der Waals surface area contributed by atoms with Crippen molar-refractivity contribution in [2.75, 3.05) is 29.6 Å². The van der Waals surface area contributed by atoms with Crippen molar-refractivity contribution in [2.24, 2.45) is 23.5 Å². The number of hydrogen-bond acceptors (Lipinski definition) is 23. The Bertz CT molecular complexity index is 4430. The molecule has 7 N–H and O–H groups in total. The van der Waals surface area contributed by atoms with E-state index in [1.807, 2.05) is 83.7 Å². The minimum atomic E-state index is -0.957. The third-order valence-electron chi connectivity index (χ3n) is 17.3. The molecule has 514 valence electrons. The van der Waals surface area contributed by atoms with Crippen LogP contribution in [0.3, 0.4) is 0 Å². The summed E-state index contributed by atoms with van der Waals surface area (Å²) in [6.07, 6.45) is 28.1. The quantitative estimate of drug-likeness (QED) is 0.0245. The van der Waals surface area contributed by atoms with Gasteiger partial charge >= 0.3 is 30.8 Å². The Morgan fingerprint density at radius 1 is 0.505 bits per heavy atom. The number of ketones is 1. The number of esters is 1. The zero-order valence-electron chi connectivity index (χ0n) is 56.8. The number of carbonyl (C=O) groups excluding carboxylic acids is 2. The van der Waals surface area contributed by atoms with Crippen molar-refractivity contribution in [3.8, 4) is 64.1 Å². The Morgan fingerprint density at radius 2 is 0.812 bits per heavy atom. The van der Waals surface area contributed by atoms with Crippen molar-refractivity contribution >= 4 is 65.0 Å². The number of halogens is 1. The molecule has 0 amide bonds. The molecule has 0 unspecified atom stereocenters. The van der Waals surface area contributed by atoms with Gasteiger partial charge in [-0.15, -0.1) is 12.4 Å². The van der Waals surface area contributed by atoms with Crippen LogP contribution in [-0.4, -0.2) is 101 Å². The molecule has 0 atom stereocenters. The Morgan fingerprint density at radius 3 is 1.09 bits per heavy atom. The molecule has 3 saturated carbocycles. The van der Waals surface area contributed by atoms with Crippen molar-refractivity contribution in [3.63, 3.8) is 0 Å². The molecule has 27 nitrogen and oxygen atoms in total. The number of carboxylic acids is 1. The number of carbonyl (C=O) groups is 3. The van der Waals surface area contributed by atoms with Gasteiger partial charge in [-0.05, 0) is 139 Å². The van der Waals surface area contributed by atoms with Crippen LogP contribution in [0.25, 0.3) is 33.8 Å². The molecular weight excluding hydrogens is 1300 g/mol. The van der Waals surface area contributed by atoms with E-state index < -0.39 is 5.97 Å². The molecule has 3 aliphatic rings. The number of anilines is 6. The number of nitrogens with one attached hydrogen (secondary N) is 3. The van der Waals surface area contributed by atoms with E-state index in [-0.39, 0.29) is 91.2 Å². The summed E-state index contributed by atoms with van der Waals surface area (Å²) >= 11 is 0. The summed E-state index contributed by atoms with van der Waals surface area (Å²) in [6, 6.07) is 32.8. The number of hydrogen-bond donors (Lipinski definition) is 5. The van der Waals surface area contributed by atoms with E-state index in [1.165, 1.54) is 7.11 Å². The Hall–Kier alpha value is -11.2. The molecule has 0 radical (unpaired) electrons. The van der Waals surface area contributed by atoms with Crippen LogP contribution in [0.15, 0.2) is 129 Å². The van der Waals surface area contributed by atoms with Crippen LogP contribution in [-0.2, 0) is 4.74 Å². The molecule has 29 heteroatoms. The third-order valence-corrected chi connectivity index (χ3v) is 17.3. The molecule has 6 heterocycles. The third kappa shape index (κ3) is 21.6. The number of rotatable bonds is 17. The van der Waals surface area contributed by atoms with E-state index in [9.17, 15) is 14.4 Å². The van der Waals surface area contributed by atoms with Crippen molar-refractivity contribution in [1.82, 2.24) is 59.2 Å². The van der Waals surface area contributed by atoms with Crippen LogP contribution in [0.1, 0.15) is 156 Å². The van der Waals surface area contributed by atoms with E-state index in [4.69, 9.17) is 36.2 Å². The number of nitriles is 5. The molecule has 3 fully saturated rings. The van der Waals surface area contributed by atoms with Gasteiger partial charge in [0.25, 0.3) is 0 Å². The van der Waals surface area contributed by atoms with Crippen molar-refractivity contribution in [1.29, 1.82) is 26.3 Å². The zero-order chi connectivity index (χ0) is 69.5. The molecule has 101 heavy (non-hydrogen) atoms. The number of methoxy groups -OCH3 is 1.